The molecule has 1 aromatic heterocycles. The third kappa shape index (κ3) is 8.99. The van der Waals surface area contributed by atoms with Crippen LogP contribution in [0.1, 0.15) is 74.8 Å². The highest BCUT2D eigenvalue weighted by Crippen LogP contribution is 2.40. The van der Waals surface area contributed by atoms with Gasteiger partial charge >= 0.3 is 12.1 Å². The molecule has 2 rings (SSSR count). The summed E-state index contributed by atoms with van der Waals surface area (Å²) in [5.74, 6) is -0.983. The first-order valence-electron chi connectivity index (χ1n) is 12.4. The van der Waals surface area contributed by atoms with Crippen LogP contribution >= 0.6 is 0 Å². The fraction of sp³-hybridized carbons (Fsp3) is 0.500. The molecule has 1 heterocycles. The standard InChI is InChI=1S/C28H39N3O5Si/c1-27(2,3)35-26(34)31(16-15-20-9-11-21(12-10-20)25(32)33)19-24(36-37(7,8)28(4,5)6)22-13-14-23(17-29)30-18-22/h9-14,18,24H,15-16,19H2,1-8H3,(H,32,33). The summed E-state index contributed by atoms with van der Waals surface area (Å²) >= 11 is 0. The molecule has 0 bridgehead atoms. The maximum absolute atomic E-state index is 13.3. The largest absolute Gasteiger partial charge is 0.478 e. The van der Waals surface area contributed by atoms with Gasteiger partial charge in [0, 0.05) is 12.7 Å². The lowest BCUT2D eigenvalue weighted by molar-refractivity contribution is 0.0158. The van der Waals surface area contributed by atoms with Crippen LogP contribution in [0.25, 0.3) is 0 Å². The van der Waals surface area contributed by atoms with Gasteiger partial charge < -0.3 is 19.2 Å². The van der Waals surface area contributed by atoms with Crippen LogP contribution in [0.4, 0.5) is 4.79 Å². The van der Waals surface area contributed by atoms with Crippen molar-refractivity contribution in [3.8, 4) is 6.07 Å². The lowest BCUT2D eigenvalue weighted by Gasteiger charge is -2.40. The molecule has 0 spiro atoms. The molecule has 1 unspecified atom stereocenters. The van der Waals surface area contributed by atoms with Crippen molar-refractivity contribution in [2.75, 3.05) is 13.1 Å². The number of nitriles is 1. The minimum atomic E-state index is -2.25. The Balaban J connectivity index is 2.38. The average Bonchev–Trinajstić information content (AvgIpc) is 2.79. The molecule has 2 aromatic rings. The molecule has 0 aliphatic heterocycles. The number of pyridine rings is 1. The van der Waals surface area contributed by atoms with Crippen molar-refractivity contribution in [1.29, 1.82) is 5.26 Å². The Morgan fingerprint density at radius 2 is 1.70 bits per heavy atom. The smallest absolute Gasteiger partial charge is 0.410 e. The number of aromatic nitrogens is 1. The van der Waals surface area contributed by atoms with Gasteiger partial charge in [-0.05, 0) is 74.7 Å². The fourth-order valence-electron chi connectivity index (χ4n) is 3.27. The highest BCUT2D eigenvalue weighted by atomic mass is 28.4. The molecule has 8 nitrogen and oxygen atoms in total. The van der Waals surface area contributed by atoms with E-state index < -0.39 is 32.1 Å². The second-order valence-electron chi connectivity index (χ2n) is 11.6. The lowest BCUT2D eigenvalue weighted by Crippen LogP contribution is -2.46. The molecule has 0 fully saturated rings. The molecule has 0 aliphatic rings. The second kappa shape index (κ2) is 11.9. The van der Waals surface area contributed by atoms with Gasteiger partial charge in [-0.25, -0.2) is 14.6 Å². The van der Waals surface area contributed by atoms with E-state index in [1.165, 1.54) is 0 Å². The number of ether oxygens (including phenoxy) is 1. The van der Waals surface area contributed by atoms with Crippen LogP contribution in [-0.4, -0.2) is 54.1 Å². The van der Waals surface area contributed by atoms with Gasteiger partial charge in [0.15, 0.2) is 8.32 Å². The van der Waals surface area contributed by atoms with Gasteiger partial charge in [0.05, 0.1) is 18.2 Å². The Morgan fingerprint density at radius 1 is 1.08 bits per heavy atom. The van der Waals surface area contributed by atoms with Crippen LogP contribution in [-0.2, 0) is 15.6 Å². The molecular weight excluding hydrogens is 486 g/mol. The topological polar surface area (TPSA) is 113 Å². The Kier molecular flexibility index (Phi) is 9.64. The number of amides is 1. The van der Waals surface area contributed by atoms with Crippen LogP contribution in [0.2, 0.25) is 18.1 Å². The maximum Gasteiger partial charge on any atom is 0.410 e. The van der Waals surface area contributed by atoms with E-state index in [4.69, 9.17) is 14.3 Å². The Morgan fingerprint density at radius 3 is 2.16 bits per heavy atom. The van der Waals surface area contributed by atoms with E-state index in [9.17, 15) is 14.9 Å². The zero-order chi connectivity index (χ0) is 28.0. The van der Waals surface area contributed by atoms with Gasteiger partial charge in [-0.15, -0.1) is 0 Å². The molecule has 9 heteroatoms. The van der Waals surface area contributed by atoms with Gasteiger partial charge in [-0.3, -0.25) is 0 Å². The molecule has 1 atom stereocenters. The number of hydrogen-bond acceptors (Lipinski definition) is 6. The number of benzene rings is 1. The number of rotatable bonds is 9. The number of aromatic carboxylic acids is 1. The molecule has 0 aliphatic carbocycles. The Labute approximate surface area is 221 Å². The molecule has 1 amide bonds. The second-order valence-corrected chi connectivity index (χ2v) is 16.4. The number of hydrogen-bond donors (Lipinski definition) is 1. The van der Waals surface area contributed by atoms with Gasteiger partial charge in [-0.2, -0.15) is 5.26 Å². The molecule has 1 aromatic carbocycles. The van der Waals surface area contributed by atoms with E-state index in [1.54, 1.807) is 41.4 Å². The third-order valence-electron chi connectivity index (χ3n) is 6.42. The summed E-state index contributed by atoms with van der Waals surface area (Å²) in [5, 5.41) is 18.3. The summed E-state index contributed by atoms with van der Waals surface area (Å²) in [6.07, 6.45) is 1.22. The average molecular weight is 526 g/mol. The fourth-order valence-corrected chi connectivity index (χ4v) is 4.54. The van der Waals surface area contributed by atoms with Crippen LogP contribution in [0.15, 0.2) is 42.6 Å². The normalized spacial score (nSPS) is 12.9. The molecule has 200 valence electrons. The first kappa shape index (κ1) is 30.0. The van der Waals surface area contributed by atoms with Crippen molar-refractivity contribution >= 4 is 20.4 Å². The van der Waals surface area contributed by atoms with Gasteiger partial charge in [-0.1, -0.05) is 39.0 Å². The molecule has 0 radical (unpaired) electrons. The molecule has 37 heavy (non-hydrogen) atoms. The van der Waals surface area contributed by atoms with Gasteiger partial charge in [0.25, 0.3) is 0 Å². The van der Waals surface area contributed by atoms with E-state index >= 15 is 0 Å². The van der Waals surface area contributed by atoms with Gasteiger partial charge in [0.2, 0.25) is 0 Å². The van der Waals surface area contributed by atoms with Crippen molar-refractivity contribution < 1.29 is 23.9 Å². The summed E-state index contributed by atoms with van der Waals surface area (Å²) in [6, 6.07) is 12.1. The van der Waals surface area contributed by atoms with Crippen molar-refractivity contribution in [2.45, 2.75) is 77.8 Å². The van der Waals surface area contributed by atoms with E-state index in [2.05, 4.69) is 38.8 Å². The summed E-state index contributed by atoms with van der Waals surface area (Å²) in [6.45, 7) is 16.8. The summed E-state index contributed by atoms with van der Waals surface area (Å²) in [5.41, 5.74) is 1.53. The van der Waals surface area contributed by atoms with Crippen LogP contribution in [0.5, 0.6) is 0 Å². The van der Waals surface area contributed by atoms with E-state index in [-0.39, 0.29) is 17.1 Å². The van der Waals surface area contributed by atoms with Crippen LogP contribution in [0.3, 0.4) is 0 Å². The predicted molar refractivity (Wildman–Crippen MR) is 145 cm³/mol. The highest BCUT2D eigenvalue weighted by Gasteiger charge is 2.40. The number of carboxylic acids is 1. The number of carboxylic acid groups (broad SMARTS) is 1. The molecular formula is C28H39N3O5Si. The lowest BCUT2D eigenvalue weighted by atomic mass is 10.1. The van der Waals surface area contributed by atoms with Crippen molar-refractivity contribution in [1.82, 2.24) is 9.88 Å². The monoisotopic (exact) mass is 525 g/mol. The first-order chi connectivity index (χ1) is 17.0. The van der Waals surface area contributed by atoms with Crippen LogP contribution in [0, 0.1) is 11.3 Å². The SMILES string of the molecule is CC(C)(C)OC(=O)N(CCc1ccc(C(=O)O)cc1)CC(O[Si](C)(C)C(C)(C)C)c1ccc(C#N)nc1. The zero-order valence-corrected chi connectivity index (χ0v) is 24.2. The Hall–Kier alpha value is -3.22. The first-order valence-corrected chi connectivity index (χ1v) is 15.3. The highest BCUT2D eigenvalue weighted by molar-refractivity contribution is 6.74. The van der Waals surface area contributed by atoms with Crippen molar-refractivity contribution in [2.24, 2.45) is 0 Å². The maximum atomic E-state index is 13.3. The number of nitrogens with zero attached hydrogens (tertiary/aromatic N) is 3. The predicted octanol–water partition coefficient (Wildman–Crippen LogP) is 6.19. The molecule has 0 saturated carbocycles. The summed E-state index contributed by atoms with van der Waals surface area (Å²) < 4.78 is 12.5. The van der Waals surface area contributed by atoms with Crippen LogP contribution < -0.4 is 0 Å². The number of carbonyl (C=O) groups is 2. The van der Waals surface area contributed by atoms with E-state index in [0.29, 0.717) is 18.7 Å². The third-order valence-corrected chi connectivity index (χ3v) is 10.9. The minimum Gasteiger partial charge on any atom is -0.478 e. The zero-order valence-electron chi connectivity index (χ0n) is 23.2. The van der Waals surface area contributed by atoms with E-state index in [0.717, 1.165) is 11.1 Å². The van der Waals surface area contributed by atoms with Gasteiger partial charge in [0.1, 0.15) is 17.4 Å². The van der Waals surface area contributed by atoms with Crippen molar-refractivity contribution in [3.05, 3.63) is 65.0 Å². The van der Waals surface area contributed by atoms with E-state index in [1.807, 2.05) is 32.9 Å². The van der Waals surface area contributed by atoms with Crippen molar-refractivity contribution in [3.63, 3.8) is 0 Å². The minimum absolute atomic E-state index is 0.0616. The summed E-state index contributed by atoms with van der Waals surface area (Å²) in [7, 11) is -2.25. The Bertz CT molecular complexity index is 1110. The quantitative estimate of drug-likeness (QED) is 0.388. The summed E-state index contributed by atoms with van der Waals surface area (Å²) in [4.78, 5) is 30.3. The molecule has 0 saturated heterocycles. The molecule has 1 N–H and O–H groups in total. The number of carbonyl (C=O) groups excluding carboxylic acids is 1.